The number of carbonyl (C=O) groups is 3. The largest absolute Gasteiger partial charge is 0.495 e. The Morgan fingerprint density at radius 3 is 2.43 bits per heavy atom. The molecule has 178 valence electrons. The van der Waals surface area contributed by atoms with Crippen molar-refractivity contribution >= 4 is 29.6 Å². The van der Waals surface area contributed by atoms with Gasteiger partial charge in [0.15, 0.2) is 0 Å². The summed E-state index contributed by atoms with van der Waals surface area (Å²) < 4.78 is 11.0. The standard InChI is InChI=1S/C27H25N3O5/c1-18-7-9-20(10-8-18)17-35-21-13-11-19(12-14-21)15-23-26(32)30(27(33)29-23)16-25(31)28-22-5-3-4-6-24(22)34-2/h3-15H,16-17H2,1-2H3,(H,28,31)(H,29,33)/b23-15+. The molecule has 0 spiro atoms. The Balaban J connectivity index is 1.36. The molecule has 35 heavy (non-hydrogen) atoms. The summed E-state index contributed by atoms with van der Waals surface area (Å²) in [5.41, 5.74) is 3.50. The first-order valence-corrected chi connectivity index (χ1v) is 11.0. The number of urea groups is 1. The molecule has 2 N–H and O–H groups in total. The number of benzene rings is 3. The molecule has 0 saturated carbocycles. The van der Waals surface area contributed by atoms with E-state index in [0.29, 0.717) is 29.4 Å². The van der Waals surface area contributed by atoms with E-state index in [4.69, 9.17) is 9.47 Å². The molecule has 3 aromatic rings. The van der Waals surface area contributed by atoms with E-state index in [2.05, 4.69) is 10.6 Å². The molecule has 4 rings (SSSR count). The lowest BCUT2D eigenvalue weighted by Crippen LogP contribution is -2.38. The number of nitrogens with zero attached hydrogens (tertiary/aromatic N) is 1. The predicted molar refractivity (Wildman–Crippen MR) is 132 cm³/mol. The normalized spacial score (nSPS) is 14.1. The van der Waals surface area contributed by atoms with E-state index in [-0.39, 0.29) is 5.70 Å². The second-order valence-electron chi connectivity index (χ2n) is 7.97. The number of carbonyl (C=O) groups excluding carboxylic acids is 3. The summed E-state index contributed by atoms with van der Waals surface area (Å²) in [6.45, 7) is 2.05. The van der Waals surface area contributed by atoms with Crippen LogP contribution in [0, 0.1) is 6.92 Å². The summed E-state index contributed by atoms with van der Waals surface area (Å²) in [6.07, 6.45) is 1.56. The molecule has 4 amide bonds. The van der Waals surface area contributed by atoms with Crippen molar-refractivity contribution in [1.82, 2.24) is 10.2 Å². The number of hydrogen-bond acceptors (Lipinski definition) is 5. The second kappa shape index (κ2) is 10.6. The van der Waals surface area contributed by atoms with Crippen LogP contribution in [0.25, 0.3) is 6.08 Å². The number of hydrogen-bond donors (Lipinski definition) is 2. The molecule has 0 radical (unpaired) electrons. The molecule has 1 saturated heterocycles. The summed E-state index contributed by atoms with van der Waals surface area (Å²) in [4.78, 5) is 38.3. The highest BCUT2D eigenvalue weighted by atomic mass is 16.5. The molecular formula is C27H25N3O5. The molecule has 1 heterocycles. The Bertz CT molecular complexity index is 1270. The molecule has 0 aliphatic carbocycles. The fourth-order valence-corrected chi connectivity index (χ4v) is 3.47. The van der Waals surface area contributed by atoms with Gasteiger partial charge >= 0.3 is 6.03 Å². The van der Waals surface area contributed by atoms with Gasteiger partial charge in [-0.25, -0.2) is 9.69 Å². The second-order valence-corrected chi connectivity index (χ2v) is 7.97. The van der Waals surface area contributed by atoms with Gasteiger partial charge in [-0.2, -0.15) is 0 Å². The van der Waals surface area contributed by atoms with Gasteiger partial charge in [0, 0.05) is 0 Å². The van der Waals surface area contributed by atoms with Crippen LogP contribution < -0.4 is 20.1 Å². The van der Waals surface area contributed by atoms with Crippen molar-refractivity contribution in [1.29, 1.82) is 0 Å². The van der Waals surface area contributed by atoms with Crippen molar-refractivity contribution in [3.05, 3.63) is 95.2 Å². The Hall–Kier alpha value is -4.59. The van der Waals surface area contributed by atoms with E-state index >= 15 is 0 Å². The van der Waals surface area contributed by atoms with Crippen LogP contribution >= 0.6 is 0 Å². The maximum Gasteiger partial charge on any atom is 0.329 e. The lowest BCUT2D eigenvalue weighted by Gasteiger charge is -2.13. The summed E-state index contributed by atoms with van der Waals surface area (Å²) in [5, 5.41) is 5.18. The van der Waals surface area contributed by atoms with Crippen LogP contribution in [0.1, 0.15) is 16.7 Å². The average Bonchev–Trinajstić information content (AvgIpc) is 3.12. The number of nitrogens with one attached hydrogen (secondary N) is 2. The van der Waals surface area contributed by atoms with E-state index in [1.165, 1.54) is 12.7 Å². The van der Waals surface area contributed by atoms with Gasteiger partial charge in [-0.15, -0.1) is 0 Å². The first-order valence-electron chi connectivity index (χ1n) is 11.0. The topological polar surface area (TPSA) is 97.0 Å². The number of methoxy groups -OCH3 is 1. The van der Waals surface area contributed by atoms with Gasteiger partial charge in [-0.3, -0.25) is 9.59 Å². The molecular weight excluding hydrogens is 446 g/mol. The van der Waals surface area contributed by atoms with Gasteiger partial charge in [0.2, 0.25) is 5.91 Å². The zero-order chi connectivity index (χ0) is 24.8. The van der Waals surface area contributed by atoms with Gasteiger partial charge < -0.3 is 20.1 Å². The smallest absolute Gasteiger partial charge is 0.329 e. The number of rotatable bonds is 8. The average molecular weight is 472 g/mol. The minimum absolute atomic E-state index is 0.0911. The zero-order valence-electron chi connectivity index (χ0n) is 19.4. The van der Waals surface area contributed by atoms with Crippen LogP contribution in [0.5, 0.6) is 11.5 Å². The molecule has 1 aliphatic heterocycles. The van der Waals surface area contributed by atoms with Crippen molar-refractivity contribution in [2.24, 2.45) is 0 Å². The monoisotopic (exact) mass is 471 g/mol. The molecule has 1 fully saturated rings. The maximum absolute atomic E-state index is 12.7. The number of para-hydroxylation sites is 2. The lowest BCUT2D eigenvalue weighted by molar-refractivity contribution is -0.127. The van der Waals surface area contributed by atoms with E-state index in [1.54, 1.807) is 54.6 Å². The summed E-state index contributed by atoms with van der Waals surface area (Å²) in [5.74, 6) is 0.0632. The Morgan fingerprint density at radius 1 is 1.00 bits per heavy atom. The number of ether oxygens (including phenoxy) is 2. The number of aryl methyl sites for hydroxylation is 1. The van der Waals surface area contributed by atoms with Crippen LogP contribution in [0.15, 0.2) is 78.5 Å². The maximum atomic E-state index is 12.7. The van der Waals surface area contributed by atoms with Gasteiger partial charge in [-0.1, -0.05) is 54.1 Å². The van der Waals surface area contributed by atoms with Crippen LogP contribution in [-0.2, 0) is 16.2 Å². The molecule has 0 aromatic heterocycles. The van der Waals surface area contributed by atoms with Crippen molar-refractivity contribution < 1.29 is 23.9 Å². The number of imide groups is 1. The third kappa shape index (κ3) is 5.86. The van der Waals surface area contributed by atoms with Gasteiger partial charge in [-0.05, 0) is 48.4 Å². The number of anilines is 1. The highest BCUT2D eigenvalue weighted by Gasteiger charge is 2.35. The molecule has 8 nitrogen and oxygen atoms in total. The van der Waals surface area contributed by atoms with Gasteiger partial charge in [0.1, 0.15) is 30.3 Å². The van der Waals surface area contributed by atoms with Crippen LogP contribution in [-0.4, -0.2) is 36.4 Å². The number of amides is 4. The zero-order valence-corrected chi connectivity index (χ0v) is 19.4. The fraction of sp³-hybridized carbons (Fsp3) is 0.148. The van der Waals surface area contributed by atoms with Crippen molar-refractivity contribution in [2.75, 3.05) is 19.0 Å². The Morgan fingerprint density at radius 2 is 1.71 bits per heavy atom. The molecule has 3 aromatic carbocycles. The Labute approximate surface area is 203 Å². The first-order chi connectivity index (χ1) is 16.9. The van der Waals surface area contributed by atoms with E-state index in [0.717, 1.165) is 10.5 Å². The fourth-order valence-electron chi connectivity index (χ4n) is 3.47. The molecule has 0 bridgehead atoms. The molecule has 1 aliphatic rings. The lowest BCUT2D eigenvalue weighted by atomic mass is 10.1. The molecule has 0 unspecified atom stereocenters. The highest BCUT2D eigenvalue weighted by molar-refractivity contribution is 6.16. The molecule has 8 heteroatoms. The minimum atomic E-state index is -0.658. The van der Waals surface area contributed by atoms with Crippen LogP contribution in [0.2, 0.25) is 0 Å². The Kier molecular flexibility index (Phi) is 7.11. The minimum Gasteiger partial charge on any atom is -0.495 e. The van der Waals surface area contributed by atoms with Crippen molar-refractivity contribution in [3.63, 3.8) is 0 Å². The predicted octanol–water partition coefficient (Wildman–Crippen LogP) is 4.11. The van der Waals surface area contributed by atoms with Gasteiger partial charge in [0.25, 0.3) is 5.91 Å². The van der Waals surface area contributed by atoms with E-state index < -0.39 is 24.4 Å². The third-order valence-corrected chi connectivity index (χ3v) is 5.36. The van der Waals surface area contributed by atoms with Crippen molar-refractivity contribution in [2.45, 2.75) is 13.5 Å². The van der Waals surface area contributed by atoms with Crippen LogP contribution in [0.4, 0.5) is 10.5 Å². The summed E-state index contributed by atoms with van der Waals surface area (Å²) in [6, 6.07) is 21.5. The first kappa shape index (κ1) is 23.6. The molecule has 0 atom stereocenters. The third-order valence-electron chi connectivity index (χ3n) is 5.36. The summed E-state index contributed by atoms with van der Waals surface area (Å²) in [7, 11) is 1.49. The van der Waals surface area contributed by atoms with Gasteiger partial charge in [0.05, 0.1) is 12.8 Å². The highest BCUT2D eigenvalue weighted by Crippen LogP contribution is 2.23. The quantitative estimate of drug-likeness (QED) is 0.381. The van der Waals surface area contributed by atoms with Crippen molar-refractivity contribution in [3.8, 4) is 11.5 Å². The van der Waals surface area contributed by atoms with E-state index in [9.17, 15) is 14.4 Å². The van der Waals surface area contributed by atoms with Crippen LogP contribution in [0.3, 0.4) is 0 Å². The summed E-state index contributed by atoms with van der Waals surface area (Å²) >= 11 is 0. The van der Waals surface area contributed by atoms with E-state index in [1.807, 2.05) is 31.2 Å². The SMILES string of the molecule is COc1ccccc1NC(=O)CN1C(=O)N/C(=C/c2ccc(OCc3ccc(C)cc3)cc2)C1=O.